The summed E-state index contributed by atoms with van der Waals surface area (Å²) in [5, 5.41) is 4.86. The van der Waals surface area contributed by atoms with Crippen LogP contribution in [0.15, 0.2) is 65.9 Å². The van der Waals surface area contributed by atoms with Crippen molar-refractivity contribution < 1.29 is 14.3 Å². The number of ether oxygens (including phenoxy) is 2. The van der Waals surface area contributed by atoms with E-state index < -0.39 is 0 Å². The van der Waals surface area contributed by atoms with E-state index in [4.69, 9.17) is 20.3 Å². The van der Waals surface area contributed by atoms with Gasteiger partial charge in [-0.2, -0.15) is 20.1 Å². The third-order valence-corrected chi connectivity index (χ3v) is 6.01. The van der Waals surface area contributed by atoms with Gasteiger partial charge in [0.25, 0.3) is 0 Å². The average molecular weight is 486 g/mol. The molecule has 0 spiro atoms. The van der Waals surface area contributed by atoms with Crippen LogP contribution in [0.25, 0.3) is 10.9 Å². The SMILES string of the molecule is CC(=O)n1cc(C(=NN)c2nc(OCCc3ccccc3)nc(N3CCOCC3)n2)c2ccccc21. The van der Waals surface area contributed by atoms with E-state index in [-0.39, 0.29) is 17.7 Å². The zero-order chi connectivity index (χ0) is 24.9. The van der Waals surface area contributed by atoms with Gasteiger partial charge in [0.1, 0.15) is 5.71 Å². The van der Waals surface area contributed by atoms with Gasteiger partial charge in [-0.15, -0.1) is 0 Å². The lowest BCUT2D eigenvalue weighted by molar-refractivity contribution is 0.0941. The van der Waals surface area contributed by atoms with Gasteiger partial charge in [-0.3, -0.25) is 9.36 Å². The number of hydrogen-bond acceptors (Lipinski definition) is 9. The molecule has 2 aromatic heterocycles. The number of nitrogens with two attached hydrogens (primary N) is 1. The Morgan fingerprint density at radius 2 is 1.81 bits per heavy atom. The lowest BCUT2D eigenvalue weighted by atomic mass is 10.1. The largest absolute Gasteiger partial charge is 0.463 e. The summed E-state index contributed by atoms with van der Waals surface area (Å²) in [4.78, 5) is 28.1. The summed E-state index contributed by atoms with van der Waals surface area (Å²) >= 11 is 0. The molecule has 0 aliphatic carbocycles. The third-order valence-electron chi connectivity index (χ3n) is 6.01. The van der Waals surface area contributed by atoms with Crippen molar-refractivity contribution in [1.29, 1.82) is 0 Å². The van der Waals surface area contributed by atoms with Crippen LogP contribution in [0.5, 0.6) is 6.01 Å². The molecule has 2 aromatic carbocycles. The Bertz CT molecular complexity index is 1400. The zero-order valence-corrected chi connectivity index (χ0v) is 20.0. The molecule has 1 saturated heterocycles. The van der Waals surface area contributed by atoms with Crippen molar-refractivity contribution >= 4 is 28.5 Å². The van der Waals surface area contributed by atoms with Crippen LogP contribution < -0.4 is 15.5 Å². The highest BCUT2D eigenvalue weighted by Gasteiger charge is 2.23. The maximum absolute atomic E-state index is 12.3. The number of morpholine rings is 1. The fourth-order valence-corrected chi connectivity index (χ4v) is 4.20. The Morgan fingerprint density at radius 3 is 2.56 bits per heavy atom. The van der Waals surface area contributed by atoms with E-state index in [0.29, 0.717) is 56.6 Å². The number of hydrazone groups is 1. The van der Waals surface area contributed by atoms with Gasteiger partial charge in [0.05, 0.1) is 25.3 Å². The van der Waals surface area contributed by atoms with Crippen LogP contribution in [0.3, 0.4) is 0 Å². The number of fused-ring (bicyclic) bond motifs is 1. The summed E-state index contributed by atoms with van der Waals surface area (Å²) in [6, 6.07) is 17.8. The Labute approximate surface area is 208 Å². The molecule has 5 rings (SSSR count). The maximum Gasteiger partial charge on any atom is 0.321 e. The minimum atomic E-state index is -0.122. The van der Waals surface area contributed by atoms with Crippen LogP contribution in [0.4, 0.5) is 5.95 Å². The summed E-state index contributed by atoms with van der Waals surface area (Å²) < 4.78 is 13.0. The first-order valence-electron chi connectivity index (χ1n) is 11.8. The highest BCUT2D eigenvalue weighted by Crippen LogP contribution is 2.25. The van der Waals surface area contributed by atoms with Crippen LogP contribution in [0.2, 0.25) is 0 Å². The average Bonchev–Trinajstić information content (AvgIpc) is 3.30. The molecule has 36 heavy (non-hydrogen) atoms. The van der Waals surface area contributed by atoms with Crippen LogP contribution in [-0.2, 0) is 11.2 Å². The molecule has 184 valence electrons. The number of anilines is 1. The first kappa shape index (κ1) is 23.4. The molecule has 3 heterocycles. The second kappa shape index (κ2) is 10.5. The summed E-state index contributed by atoms with van der Waals surface area (Å²) in [6.45, 7) is 4.35. The number of carbonyl (C=O) groups is 1. The predicted octanol–water partition coefficient (Wildman–Crippen LogP) is 2.66. The highest BCUT2D eigenvalue weighted by atomic mass is 16.5. The molecule has 0 radical (unpaired) electrons. The lowest BCUT2D eigenvalue weighted by Gasteiger charge is -2.27. The monoisotopic (exact) mass is 485 g/mol. The molecule has 0 bridgehead atoms. The molecule has 4 aromatic rings. The third kappa shape index (κ3) is 4.89. The van der Waals surface area contributed by atoms with Gasteiger partial charge < -0.3 is 20.2 Å². The van der Waals surface area contributed by atoms with Crippen LogP contribution >= 0.6 is 0 Å². The van der Waals surface area contributed by atoms with Crippen LogP contribution in [-0.4, -0.2) is 64.0 Å². The van der Waals surface area contributed by atoms with Crippen molar-refractivity contribution in [1.82, 2.24) is 19.5 Å². The number of aromatic nitrogens is 4. The van der Waals surface area contributed by atoms with Crippen molar-refractivity contribution in [3.8, 4) is 6.01 Å². The summed E-state index contributed by atoms with van der Waals surface area (Å²) in [5.74, 6) is 6.51. The second-order valence-corrected chi connectivity index (χ2v) is 8.35. The number of rotatable bonds is 7. The van der Waals surface area contributed by atoms with Gasteiger partial charge in [-0.1, -0.05) is 48.5 Å². The molecule has 0 atom stereocenters. The van der Waals surface area contributed by atoms with Crippen molar-refractivity contribution in [2.45, 2.75) is 13.3 Å². The molecule has 1 fully saturated rings. The minimum absolute atomic E-state index is 0.122. The predicted molar refractivity (Wildman–Crippen MR) is 137 cm³/mol. The van der Waals surface area contributed by atoms with Gasteiger partial charge in [0, 0.05) is 43.6 Å². The van der Waals surface area contributed by atoms with Gasteiger partial charge in [-0.25, -0.2) is 0 Å². The topological polar surface area (TPSA) is 121 Å². The summed E-state index contributed by atoms with van der Waals surface area (Å²) in [7, 11) is 0. The van der Waals surface area contributed by atoms with E-state index in [9.17, 15) is 4.79 Å². The first-order valence-corrected chi connectivity index (χ1v) is 11.8. The Morgan fingerprint density at radius 1 is 1.06 bits per heavy atom. The molecular weight excluding hydrogens is 458 g/mol. The van der Waals surface area contributed by atoms with Crippen LogP contribution in [0.1, 0.15) is 28.7 Å². The van der Waals surface area contributed by atoms with E-state index >= 15 is 0 Å². The molecule has 10 nitrogen and oxygen atoms in total. The first-order chi connectivity index (χ1) is 17.6. The molecular formula is C26H27N7O3. The molecule has 1 aliphatic rings. The summed E-state index contributed by atoms with van der Waals surface area (Å²) in [6.07, 6.45) is 2.42. The quantitative estimate of drug-likeness (QED) is 0.241. The van der Waals surface area contributed by atoms with E-state index in [1.54, 1.807) is 10.8 Å². The highest BCUT2D eigenvalue weighted by molar-refractivity contribution is 6.18. The van der Waals surface area contributed by atoms with Gasteiger partial charge >= 0.3 is 6.01 Å². The van der Waals surface area contributed by atoms with E-state index in [1.807, 2.05) is 59.5 Å². The summed E-state index contributed by atoms with van der Waals surface area (Å²) in [5.41, 5.74) is 2.90. The fourth-order valence-electron chi connectivity index (χ4n) is 4.20. The van der Waals surface area contributed by atoms with E-state index in [0.717, 1.165) is 16.5 Å². The van der Waals surface area contributed by atoms with Gasteiger partial charge in [0.2, 0.25) is 11.9 Å². The Hall–Kier alpha value is -4.31. The van der Waals surface area contributed by atoms with Crippen molar-refractivity contribution in [3.05, 3.63) is 77.7 Å². The second-order valence-electron chi connectivity index (χ2n) is 8.35. The standard InChI is InChI=1S/C26H27N7O3/c1-18(34)33-17-21(20-9-5-6-10-22(20)33)23(31-27)24-28-25(32-12-15-35-16-13-32)30-26(29-24)36-14-11-19-7-3-2-4-8-19/h2-10,17H,11-16,27H2,1H3. The number of nitrogens with zero attached hydrogens (tertiary/aromatic N) is 6. The van der Waals surface area contributed by atoms with Gasteiger partial charge in [-0.05, 0) is 11.6 Å². The number of hydrogen-bond donors (Lipinski definition) is 1. The van der Waals surface area contributed by atoms with Crippen LogP contribution in [0, 0.1) is 0 Å². The smallest absolute Gasteiger partial charge is 0.321 e. The molecule has 0 amide bonds. The minimum Gasteiger partial charge on any atom is -0.463 e. The number of carbonyl (C=O) groups excluding carboxylic acids is 1. The molecule has 0 saturated carbocycles. The zero-order valence-electron chi connectivity index (χ0n) is 20.0. The molecule has 2 N–H and O–H groups in total. The van der Waals surface area contributed by atoms with Gasteiger partial charge in [0.15, 0.2) is 5.82 Å². The number of benzene rings is 2. The van der Waals surface area contributed by atoms with Crippen molar-refractivity contribution in [2.75, 3.05) is 37.8 Å². The molecule has 10 heteroatoms. The normalized spacial score (nSPS) is 14.2. The Balaban J connectivity index is 1.52. The van der Waals surface area contributed by atoms with Crippen molar-refractivity contribution in [2.24, 2.45) is 10.9 Å². The maximum atomic E-state index is 12.3. The number of para-hydroxylation sites is 1. The van der Waals surface area contributed by atoms with E-state index in [2.05, 4.69) is 15.1 Å². The lowest BCUT2D eigenvalue weighted by Crippen LogP contribution is -2.37. The van der Waals surface area contributed by atoms with Crippen molar-refractivity contribution in [3.63, 3.8) is 0 Å². The van der Waals surface area contributed by atoms with E-state index in [1.165, 1.54) is 6.92 Å². The molecule has 0 unspecified atom stereocenters. The fraction of sp³-hybridized carbons (Fsp3) is 0.269. The molecule has 1 aliphatic heterocycles. The Kier molecular flexibility index (Phi) is 6.85.